The second kappa shape index (κ2) is 4.22. The van der Waals surface area contributed by atoms with Crippen molar-refractivity contribution in [3.63, 3.8) is 0 Å². The van der Waals surface area contributed by atoms with Gasteiger partial charge in [-0.1, -0.05) is 13.8 Å². The zero-order chi connectivity index (χ0) is 14.7. The summed E-state index contributed by atoms with van der Waals surface area (Å²) < 4.78 is 2.35. The minimum absolute atomic E-state index is 0.140. The van der Waals surface area contributed by atoms with E-state index < -0.39 is 0 Å². The van der Waals surface area contributed by atoms with Gasteiger partial charge < -0.3 is 10.3 Å². The highest BCUT2D eigenvalue weighted by molar-refractivity contribution is 5.48. The molecule has 108 valence electrons. The highest BCUT2D eigenvalue weighted by Gasteiger charge is 2.34. The first-order valence-corrected chi connectivity index (χ1v) is 7.29. The van der Waals surface area contributed by atoms with Crippen molar-refractivity contribution in [2.24, 2.45) is 11.1 Å². The fourth-order valence-corrected chi connectivity index (χ4v) is 3.63. The highest BCUT2D eigenvalue weighted by atomic mass is 15.2. The Morgan fingerprint density at radius 2 is 2.05 bits per heavy atom. The predicted molar refractivity (Wildman–Crippen MR) is 81.2 cm³/mol. The minimum atomic E-state index is 0.140. The van der Waals surface area contributed by atoms with Crippen molar-refractivity contribution >= 4 is 0 Å². The van der Waals surface area contributed by atoms with E-state index in [1.54, 1.807) is 0 Å². The van der Waals surface area contributed by atoms with Crippen LogP contribution in [0.15, 0.2) is 6.07 Å². The summed E-state index contributed by atoms with van der Waals surface area (Å²) in [5.41, 5.74) is 13.9. The molecule has 0 saturated heterocycles. The summed E-state index contributed by atoms with van der Waals surface area (Å²) in [7, 11) is 0. The molecule has 0 bridgehead atoms. The van der Waals surface area contributed by atoms with E-state index >= 15 is 0 Å². The van der Waals surface area contributed by atoms with Crippen LogP contribution in [0.5, 0.6) is 0 Å². The first kappa shape index (κ1) is 13.4. The van der Waals surface area contributed by atoms with Crippen LogP contribution in [-0.4, -0.2) is 14.8 Å². The van der Waals surface area contributed by atoms with E-state index in [0.717, 1.165) is 24.2 Å². The smallest absolute Gasteiger partial charge is 0.0894 e. The summed E-state index contributed by atoms with van der Waals surface area (Å²) in [4.78, 5) is 0. The average molecular weight is 272 g/mol. The maximum atomic E-state index is 6.40. The topological polar surface area (TPSA) is 59.6 Å². The highest BCUT2D eigenvalue weighted by Crippen LogP contribution is 2.42. The molecule has 4 nitrogen and oxygen atoms in total. The van der Waals surface area contributed by atoms with Gasteiger partial charge in [-0.05, 0) is 50.7 Å². The van der Waals surface area contributed by atoms with Gasteiger partial charge in [0.25, 0.3) is 0 Å². The first-order valence-electron chi connectivity index (χ1n) is 7.29. The molecule has 2 aromatic heterocycles. The quantitative estimate of drug-likeness (QED) is 0.838. The van der Waals surface area contributed by atoms with E-state index in [1.807, 2.05) is 0 Å². The monoisotopic (exact) mass is 272 g/mol. The van der Waals surface area contributed by atoms with Gasteiger partial charge in [-0.2, -0.15) is 5.10 Å². The van der Waals surface area contributed by atoms with Gasteiger partial charge in [-0.25, -0.2) is 0 Å². The number of H-pyrrole nitrogens is 1. The lowest BCUT2D eigenvalue weighted by molar-refractivity contribution is 0.278. The average Bonchev–Trinajstić information content (AvgIpc) is 2.79. The van der Waals surface area contributed by atoms with Crippen molar-refractivity contribution in [1.82, 2.24) is 14.8 Å². The normalized spacial score (nSPS) is 21.0. The molecule has 1 atom stereocenters. The Morgan fingerprint density at radius 3 is 2.65 bits per heavy atom. The van der Waals surface area contributed by atoms with Gasteiger partial charge in [0.1, 0.15) is 0 Å². The number of hydrogen-bond acceptors (Lipinski definition) is 2. The Bertz CT molecular complexity index is 641. The SMILES string of the molecule is Cc1n[nH]c(C)c1-n1c(C)cc2c1CC(C)(C)CC2N. The van der Waals surface area contributed by atoms with E-state index in [9.17, 15) is 0 Å². The molecule has 2 aromatic rings. The molecular formula is C16H24N4. The second-order valence-electron chi connectivity index (χ2n) is 6.96. The molecule has 2 heterocycles. The zero-order valence-electron chi connectivity index (χ0n) is 13.0. The van der Waals surface area contributed by atoms with Gasteiger partial charge in [0.15, 0.2) is 0 Å². The number of hydrogen-bond donors (Lipinski definition) is 2. The molecule has 0 radical (unpaired) electrons. The molecule has 3 rings (SSSR count). The predicted octanol–water partition coefficient (Wildman–Crippen LogP) is 3.10. The van der Waals surface area contributed by atoms with Crippen LogP contribution in [-0.2, 0) is 6.42 Å². The lowest BCUT2D eigenvalue weighted by atomic mass is 9.74. The summed E-state index contributed by atoms with van der Waals surface area (Å²) in [6.07, 6.45) is 2.11. The van der Waals surface area contributed by atoms with E-state index in [2.05, 4.69) is 55.4 Å². The third kappa shape index (κ3) is 1.90. The van der Waals surface area contributed by atoms with Gasteiger partial charge in [-0.3, -0.25) is 5.10 Å². The molecule has 0 amide bonds. The van der Waals surface area contributed by atoms with E-state index in [4.69, 9.17) is 5.73 Å². The van der Waals surface area contributed by atoms with Crippen LogP contribution >= 0.6 is 0 Å². The van der Waals surface area contributed by atoms with Crippen LogP contribution in [0.2, 0.25) is 0 Å². The molecule has 0 aromatic carbocycles. The molecule has 4 heteroatoms. The first-order chi connectivity index (χ1) is 9.30. The number of aromatic nitrogens is 3. The van der Waals surface area contributed by atoms with Crippen LogP contribution < -0.4 is 5.73 Å². The molecule has 0 fully saturated rings. The van der Waals surface area contributed by atoms with Gasteiger partial charge >= 0.3 is 0 Å². The van der Waals surface area contributed by atoms with Crippen LogP contribution in [0.3, 0.4) is 0 Å². The van der Waals surface area contributed by atoms with Crippen LogP contribution in [0, 0.1) is 26.2 Å². The van der Waals surface area contributed by atoms with E-state index in [0.29, 0.717) is 0 Å². The van der Waals surface area contributed by atoms with Crippen LogP contribution in [0.1, 0.15) is 54.6 Å². The Labute approximate surface area is 120 Å². The summed E-state index contributed by atoms with van der Waals surface area (Å²) in [5.74, 6) is 0. The van der Waals surface area contributed by atoms with Crippen molar-refractivity contribution < 1.29 is 0 Å². The summed E-state index contributed by atoms with van der Waals surface area (Å²) >= 11 is 0. The maximum absolute atomic E-state index is 6.40. The summed E-state index contributed by atoms with van der Waals surface area (Å²) in [6.45, 7) is 10.9. The fraction of sp³-hybridized carbons (Fsp3) is 0.562. The zero-order valence-corrected chi connectivity index (χ0v) is 13.0. The van der Waals surface area contributed by atoms with E-state index in [1.165, 1.54) is 22.6 Å². The van der Waals surface area contributed by atoms with Crippen molar-refractivity contribution in [2.75, 3.05) is 0 Å². The molecule has 1 aliphatic carbocycles. The van der Waals surface area contributed by atoms with Crippen molar-refractivity contribution in [3.8, 4) is 5.69 Å². The van der Waals surface area contributed by atoms with Gasteiger partial charge in [0.05, 0.1) is 17.1 Å². The Kier molecular flexibility index (Phi) is 2.83. The van der Waals surface area contributed by atoms with Crippen molar-refractivity contribution in [2.45, 2.75) is 53.5 Å². The molecule has 20 heavy (non-hydrogen) atoms. The molecule has 1 unspecified atom stereocenters. The Morgan fingerprint density at radius 1 is 1.35 bits per heavy atom. The number of fused-ring (bicyclic) bond motifs is 1. The van der Waals surface area contributed by atoms with Gasteiger partial charge in [0, 0.05) is 17.4 Å². The van der Waals surface area contributed by atoms with Crippen LogP contribution in [0.4, 0.5) is 0 Å². The lowest BCUT2D eigenvalue weighted by Gasteiger charge is -2.34. The summed E-state index contributed by atoms with van der Waals surface area (Å²) in [5, 5.41) is 7.43. The lowest BCUT2D eigenvalue weighted by Crippen LogP contribution is -2.30. The van der Waals surface area contributed by atoms with Gasteiger partial charge in [0.2, 0.25) is 0 Å². The molecule has 0 saturated carbocycles. The minimum Gasteiger partial charge on any atom is -0.324 e. The number of aryl methyl sites for hydroxylation is 3. The number of aromatic amines is 1. The van der Waals surface area contributed by atoms with Crippen molar-refractivity contribution in [1.29, 1.82) is 0 Å². The molecular weight excluding hydrogens is 248 g/mol. The fourth-order valence-electron chi connectivity index (χ4n) is 3.63. The molecule has 1 aliphatic rings. The van der Waals surface area contributed by atoms with Gasteiger partial charge in [-0.15, -0.1) is 0 Å². The molecule has 0 aliphatic heterocycles. The summed E-state index contributed by atoms with van der Waals surface area (Å²) in [6, 6.07) is 2.39. The van der Waals surface area contributed by atoms with Crippen molar-refractivity contribution in [3.05, 3.63) is 34.4 Å². The Hall–Kier alpha value is -1.55. The number of nitrogens with zero attached hydrogens (tertiary/aromatic N) is 2. The second-order valence-corrected chi connectivity index (χ2v) is 6.96. The number of rotatable bonds is 1. The molecule has 0 spiro atoms. The number of nitrogens with one attached hydrogen (secondary N) is 1. The maximum Gasteiger partial charge on any atom is 0.0894 e. The number of nitrogens with two attached hydrogens (primary N) is 1. The third-order valence-corrected chi connectivity index (χ3v) is 4.45. The Balaban J connectivity index is 2.24. The largest absolute Gasteiger partial charge is 0.324 e. The third-order valence-electron chi connectivity index (χ3n) is 4.45. The van der Waals surface area contributed by atoms with E-state index in [-0.39, 0.29) is 11.5 Å². The van der Waals surface area contributed by atoms with Crippen LogP contribution in [0.25, 0.3) is 5.69 Å². The molecule has 3 N–H and O–H groups in total. The standard InChI is InChI=1S/C16H24N4/c1-9-6-12-13(17)7-16(4,5)8-14(12)20(9)15-10(2)18-19-11(15)3/h6,13H,7-8,17H2,1-5H3,(H,18,19).